The van der Waals surface area contributed by atoms with Crippen LogP contribution in [0.15, 0.2) is 58.6 Å². The number of rotatable bonds is 5. The highest BCUT2D eigenvalue weighted by Crippen LogP contribution is 2.32. The van der Waals surface area contributed by atoms with Gasteiger partial charge in [0, 0.05) is 36.8 Å². The molecule has 1 aliphatic heterocycles. The highest BCUT2D eigenvalue weighted by Gasteiger charge is 2.18. The van der Waals surface area contributed by atoms with Crippen LogP contribution in [0.5, 0.6) is 0 Å². The van der Waals surface area contributed by atoms with E-state index in [0.717, 1.165) is 42.4 Å². The monoisotopic (exact) mass is 374 g/mol. The van der Waals surface area contributed by atoms with Gasteiger partial charge >= 0.3 is 0 Å². The fraction of sp³-hybridized carbons (Fsp3) is 0.227. The molecule has 1 aliphatic rings. The van der Waals surface area contributed by atoms with Crippen LogP contribution in [0.3, 0.4) is 0 Å². The predicted molar refractivity (Wildman–Crippen MR) is 116 cm³/mol. The van der Waals surface area contributed by atoms with Crippen LogP contribution >= 0.6 is 11.3 Å². The molecule has 0 saturated carbocycles. The van der Waals surface area contributed by atoms with Crippen LogP contribution in [0.25, 0.3) is 0 Å². The van der Waals surface area contributed by atoms with Gasteiger partial charge in [0.15, 0.2) is 5.13 Å². The molecule has 0 fully saturated rings. The minimum Gasteiger partial charge on any atom is -0.343 e. The molecule has 4 nitrogen and oxygen atoms in total. The first-order valence-electron chi connectivity index (χ1n) is 9.11. The average Bonchev–Trinajstić information content (AvgIpc) is 3.16. The molecule has 0 spiro atoms. The molecule has 136 valence electrons. The molecule has 27 heavy (non-hydrogen) atoms. The van der Waals surface area contributed by atoms with Crippen LogP contribution < -0.4 is 4.90 Å². The van der Waals surface area contributed by atoms with Gasteiger partial charge in [-0.05, 0) is 48.9 Å². The topological polar surface area (TPSA) is 40.9 Å². The number of aromatic nitrogens is 1. The van der Waals surface area contributed by atoms with Gasteiger partial charge in [-0.25, -0.2) is 4.98 Å². The second-order valence-electron chi connectivity index (χ2n) is 6.59. The van der Waals surface area contributed by atoms with Crippen molar-refractivity contribution in [1.82, 2.24) is 4.98 Å². The van der Waals surface area contributed by atoms with Crippen LogP contribution in [-0.2, 0) is 19.4 Å². The van der Waals surface area contributed by atoms with Gasteiger partial charge in [0.1, 0.15) is 0 Å². The molecule has 0 N–H and O–H groups in total. The van der Waals surface area contributed by atoms with Crippen molar-refractivity contribution in [3.05, 3.63) is 70.2 Å². The zero-order chi connectivity index (χ0) is 18.6. The zero-order valence-electron chi connectivity index (χ0n) is 15.4. The summed E-state index contributed by atoms with van der Waals surface area (Å²) >= 11 is 1.78. The molecule has 4 rings (SSSR count). The van der Waals surface area contributed by atoms with Crippen molar-refractivity contribution >= 4 is 40.8 Å². The van der Waals surface area contributed by atoms with Crippen molar-refractivity contribution < 1.29 is 0 Å². The SMILES string of the molecule is C=Nc1ccc(Cc2cnc(N3CCc4ccccc4C3)s2)cc1N=CC. The normalized spacial score (nSPS) is 13.7. The van der Waals surface area contributed by atoms with Gasteiger partial charge in [-0.2, -0.15) is 0 Å². The lowest BCUT2D eigenvalue weighted by Crippen LogP contribution is -2.30. The first-order chi connectivity index (χ1) is 13.3. The second-order valence-corrected chi connectivity index (χ2v) is 7.69. The summed E-state index contributed by atoms with van der Waals surface area (Å²) in [5.74, 6) is 0. The Morgan fingerprint density at radius 2 is 2.04 bits per heavy atom. The number of hydrogen-bond acceptors (Lipinski definition) is 5. The Kier molecular flexibility index (Phi) is 5.12. The van der Waals surface area contributed by atoms with E-state index in [2.05, 4.69) is 63.0 Å². The van der Waals surface area contributed by atoms with E-state index in [1.807, 2.05) is 19.2 Å². The number of benzene rings is 2. The summed E-state index contributed by atoms with van der Waals surface area (Å²) in [6.07, 6.45) is 5.72. The van der Waals surface area contributed by atoms with E-state index in [9.17, 15) is 0 Å². The molecular formula is C22H22N4S. The number of aliphatic imine (C=N–C) groups is 2. The number of hydrogen-bond donors (Lipinski definition) is 0. The highest BCUT2D eigenvalue weighted by molar-refractivity contribution is 7.15. The van der Waals surface area contributed by atoms with E-state index in [1.165, 1.54) is 21.6 Å². The summed E-state index contributed by atoms with van der Waals surface area (Å²) in [5, 5.41) is 1.11. The molecule has 0 radical (unpaired) electrons. The third-order valence-corrected chi connectivity index (χ3v) is 5.86. The maximum absolute atomic E-state index is 4.69. The summed E-state index contributed by atoms with van der Waals surface area (Å²) in [5.41, 5.74) is 5.76. The molecule has 0 amide bonds. The summed E-state index contributed by atoms with van der Waals surface area (Å²) in [6, 6.07) is 14.9. The summed E-state index contributed by atoms with van der Waals surface area (Å²) in [7, 11) is 0. The van der Waals surface area contributed by atoms with Crippen LogP contribution in [0.2, 0.25) is 0 Å². The predicted octanol–water partition coefficient (Wildman–Crippen LogP) is 5.35. The molecule has 2 aromatic carbocycles. The molecular weight excluding hydrogens is 352 g/mol. The summed E-state index contributed by atoms with van der Waals surface area (Å²) in [4.78, 5) is 16.8. The lowest BCUT2D eigenvalue weighted by Gasteiger charge is -2.28. The molecule has 0 bridgehead atoms. The van der Waals surface area contributed by atoms with Gasteiger partial charge in [0.25, 0.3) is 0 Å². The van der Waals surface area contributed by atoms with Gasteiger partial charge in [-0.3, -0.25) is 9.98 Å². The van der Waals surface area contributed by atoms with E-state index >= 15 is 0 Å². The quantitative estimate of drug-likeness (QED) is 0.565. The van der Waals surface area contributed by atoms with Gasteiger partial charge in [0.05, 0.1) is 11.4 Å². The lowest BCUT2D eigenvalue weighted by molar-refractivity contribution is 0.729. The van der Waals surface area contributed by atoms with Crippen molar-refractivity contribution in [3.63, 3.8) is 0 Å². The fourth-order valence-electron chi connectivity index (χ4n) is 3.44. The standard InChI is InChI=1S/C22H22N4S/c1-3-24-21-13-16(8-9-20(21)23-2)12-19-14-25-22(27-19)26-11-10-17-6-4-5-7-18(17)15-26/h3-9,13-14H,2,10-12,15H2,1H3. The van der Waals surface area contributed by atoms with E-state index in [1.54, 1.807) is 17.6 Å². The molecule has 0 atom stereocenters. The fourth-order valence-corrected chi connectivity index (χ4v) is 4.41. The molecule has 0 saturated heterocycles. The van der Waals surface area contributed by atoms with Gasteiger partial charge < -0.3 is 4.90 Å². The Morgan fingerprint density at radius 1 is 1.19 bits per heavy atom. The molecule has 3 aromatic rings. The zero-order valence-corrected chi connectivity index (χ0v) is 16.2. The van der Waals surface area contributed by atoms with Crippen LogP contribution in [0.4, 0.5) is 16.5 Å². The van der Waals surface area contributed by atoms with E-state index in [-0.39, 0.29) is 0 Å². The molecule has 2 heterocycles. The molecule has 0 unspecified atom stereocenters. The Labute approximate surface area is 164 Å². The molecule has 0 aliphatic carbocycles. The summed E-state index contributed by atoms with van der Waals surface area (Å²) < 4.78 is 0. The Bertz CT molecular complexity index is 989. The largest absolute Gasteiger partial charge is 0.343 e. The Hall–Kier alpha value is -2.79. The van der Waals surface area contributed by atoms with Gasteiger partial charge in [0.2, 0.25) is 0 Å². The first kappa shape index (κ1) is 17.6. The van der Waals surface area contributed by atoms with Crippen molar-refractivity contribution in [3.8, 4) is 0 Å². The maximum Gasteiger partial charge on any atom is 0.185 e. The minimum atomic E-state index is 0.814. The average molecular weight is 375 g/mol. The number of nitrogens with zero attached hydrogens (tertiary/aromatic N) is 4. The van der Waals surface area contributed by atoms with Crippen LogP contribution in [0.1, 0.15) is 28.5 Å². The van der Waals surface area contributed by atoms with Crippen LogP contribution in [-0.4, -0.2) is 24.5 Å². The summed E-state index contributed by atoms with van der Waals surface area (Å²) in [6.45, 7) is 7.50. The Morgan fingerprint density at radius 3 is 2.85 bits per heavy atom. The van der Waals surface area contributed by atoms with E-state index in [0.29, 0.717) is 0 Å². The van der Waals surface area contributed by atoms with Gasteiger partial charge in [-0.1, -0.05) is 30.3 Å². The van der Waals surface area contributed by atoms with Gasteiger partial charge in [-0.15, -0.1) is 11.3 Å². The van der Waals surface area contributed by atoms with E-state index in [4.69, 9.17) is 0 Å². The van der Waals surface area contributed by atoms with E-state index < -0.39 is 0 Å². The van der Waals surface area contributed by atoms with Crippen molar-refractivity contribution in [2.45, 2.75) is 26.3 Å². The maximum atomic E-state index is 4.69. The highest BCUT2D eigenvalue weighted by atomic mass is 32.1. The number of fused-ring (bicyclic) bond motifs is 1. The van der Waals surface area contributed by atoms with Crippen molar-refractivity contribution in [2.24, 2.45) is 9.98 Å². The minimum absolute atomic E-state index is 0.814. The Balaban J connectivity index is 1.51. The molecule has 1 aromatic heterocycles. The van der Waals surface area contributed by atoms with Crippen molar-refractivity contribution in [2.75, 3.05) is 11.4 Å². The third-order valence-electron chi connectivity index (χ3n) is 4.80. The second kappa shape index (κ2) is 7.84. The number of anilines is 1. The van der Waals surface area contributed by atoms with Crippen LogP contribution in [0, 0.1) is 0 Å². The molecule has 5 heteroatoms. The lowest BCUT2D eigenvalue weighted by atomic mass is 10.0. The first-order valence-corrected chi connectivity index (χ1v) is 9.93. The number of thiazole rings is 1. The van der Waals surface area contributed by atoms with Crippen molar-refractivity contribution in [1.29, 1.82) is 0 Å². The smallest absolute Gasteiger partial charge is 0.185 e. The third kappa shape index (κ3) is 3.83.